The Bertz CT molecular complexity index is 1050. The van der Waals surface area contributed by atoms with Crippen molar-refractivity contribution >= 4 is 16.9 Å². The number of amides is 1. The van der Waals surface area contributed by atoms with Gasteiger partial charge in [0, 0.05) is 21.1 Å². The molecule has 1 aromatic carbocycles. The average molecular weight is 439 g/mol. The molecule has 0 aliphatic carbocycles. The van der Waals surface area contributed by atoms with Gasteiger partial charge in [0.2, 0.25) is 0 Å². The Morgan fingerprint density at radius 2 is 2.06 bits per heavy atom. The Morgan fingerprint density at radius 3 is 2.65 bits per heavy atom. The Morgan fingerprint density at radius 1 is 1.29 bits per heavy atom. The van der Waals surface area contributed by atoms with Crippen LogP contribution in [0.5, 0.6) is 0 Å². The summed E-state index contributed by atoms with van der Waals surface area (Å²) in [6.07, 6.45) is -1.08. The van der Waals surface area contributed by atoms with Crippen molar-refractivity contribution in [1.29, 1.82) is 0 Å². The zero-order valence-corrected chi connectivity index (χ0v) is 17.0. The Labute approximate surface area is 177 Å². The number of hydrogen-bond donors (Lipinski definition) is 1. The highest BCUT2D eigenvalue weighted by Crippen LogP contribution is 2.31. The predicted octanol–water partition coefficient (Wildman–Crippen LogP) is 2.68. The minimum absolute atomic E-state index is 0. The maximum Gasteiger partial charge on any atom is 0.416 e. The number of carbonyl (C=O) groups excluding carboxylic acids is 1. The van der Waals surface area contributed by atoms with E-state index in [-0.39, 0.29) is 13.2 Å². The van der Waals surface area contributed by atoms with Gasteiger partial charge in [-0.2, -0.15) is 13.2 Å². The van der Waals surface area contributed by atoms with Gasteiger partial charge in [-0.1, -0.05) is 0 Å². The lowest BCUT2D eigenvalue weighted by atomic mass is 10.2. The van der Waals surface area contributed by atoms with E-state index in [9.17, 15) is 18.0 Å². The van der Waals surface area contributed by atoms with E-state index in [1.54, 1.807) is 18.5 Å². The molecule has 0 unspecified atom stereocenters. The molecule has 0 bridgehead atoms. The third-order valence-corrected chi connectivity index (χ3v) is 4.63. The number of ether oxygens (including phenoxy) is 2. The Hall–Kier alpha value is -3.05. The summed E-state index contributed by atoms with van der Waals surface area (Å²) in [5.41, 5.74) is 6.23. The van der Waals surface area contributed by atoms with Crippen LogP contribution in [0.25, 0.3) is 11.0 Å². The summed E-state index contributed by atoms with van der Waals surface area (Å²) in [6, 6.07) is 3.61. The number of hydrogen-bond acceptors (Lipinski definition) is 6. The second-order valence-electron chi connectivity index (χ2n) is 6.97. The standard InChI is InChI=1S/C14H15F3N2O2.C6H7N3O.H2/c1-19-12-3-2-9(14(15,16)17)6-11(12)18-13(19)7-10-8-20-4-5-21-10;1-4-2-9-5(3-8-4)6(7)10;/h2-3,6,10H,4-5,7-8H2,1H3;2-3H,1H3,(H2,7,10);1H/t10-;;/m0../s1. The van der Waals surface area contributed by atoms with Crippen molar-refractivity contribution in [2.24, 2.45) is 12.8 Å². The number of rotatable bonds is 3. The number of aromatic nitrogens is 4. The van der Waals surface area contributed by atoms with Crippen LogP contribution in [0.1, 0.15) is 29.0 Å². The van der Waals surface area contributed by atoms with E-state index in [0.29, 0.717) is 43.1 Å². The van der Waals surface area contributed by atoms with Crippen LogP contribution < -0.4 is 5.73 Å². The number of carbonyl (C=O) groups is 1. The van der Waals surface area contributed by atoms with Crippen molar-refractivity contribution in [2.45, 2.75) is 25.6 Å². The average Bonchev–Trinajstić information content (AvgIpc) is 3.04. The molecule has 0 radical (unpaired) electrons. The van der Waals surface area contributed by atoms with Crippen LogP contribution >= 0.6 is 0 Å². The highest BCUT2D eigenvalue weighted by Gasteiger charge is 2.31. The summed E-state index contributed by atoms with van der Waals surface area (Å²) in [6.45, 7) is 3.38. The van der Waals surface area contributed by atoms with Crippen molar-refractivity contribution in [3.8, 4) is 0 Å². The molecule has 1 saturated heterocycles. The number of aryl methyl sites for hydroxylation is 2. The summed E-state index contributed by atoms with van der Waals surface area (Å²) in [5, 5.41) is 0. The first-order chi connectivity index (χ1) is 14.6. The van der Waals surface area contributed by atoms with Crippen LogP contribution in [0.15, 0.2) is 30.6 Å². The van der Waals surface area contributed by atoms with E-state index in [1.807, 2.05) is 0 Å². The van der Waals surface area contributed by atoms with Crippen molar-refractivity contribution in [3.63, 3.8) is 0 Å². The zero-order chi connectivity index (χ0) is 22.6. The molecule has 1 amide bonds. The largest absolute Gasteiger partial charge is 0.416 e. The summed E-state index contributed by atoms with van der Waals surface area (Å²) in [4.78, 5) is 22.3. The molecule has 1 aliphatic heterocycles. The first kappa shape index (κ1) is 22.6. The zero-order valence-electron chi connectivity index (χ0n) is 17.0. The molecule has 2 N–H and O–H groups in total. The minimum atomic E-state index is -4.35. The van der Waals surface area contributed by atoms with Crippen LogP contribution in [0, 0.1) is 6.92 Å². The molecule has 2 aromatic heterocycles. The highest BCUT2D eigenvalue weighted by molar-refractivity contribution is 5.90. The SMILES string of the molecule is Cc1cnc(C(N)=O)cn1.Cn1c(C[C@H]2COCCO2)nc2cc(C(F)(F)F)ccc21.[HH]. The van der Waals surface area contributed by atoms with Crippen molar-refractivity contribution in [1.82, 2.24) is 19.5 Å². The van der Waals surface area contributed by atoms with Gasteiger partial charge >= 0.3 is 6.18 Å². The number of alkyl halides is 3. The molecule has 8 nitrogen and oxygen atoms in total. The molecular formula is C20H24F3N5O3. The van der Waals surface area contributed by atoms with Gasteiger partial charge < -0.3 is 19.8 Å². The van der Waals surface area contributed by atoms with Crippen LogP contribution in [0.2, 0.25) is 0 Å². The molecule has 1 aliphatic rings. The lowest BCUT2D eigenvalue weighted by molar-refractivity contribution is -0.137. The van der Waals surface area contributed by atoms with Gasteiger partial charge in [0.05, 0.1) is 54.4 Å². The van der Waals surface area contributed by atoms with Crippen LogP contribution in [-0.2, 0) is 29.1 Å². The third kappa shape index (κ3) is 5.76. The smallest absolute Gasteiger partial charge is 0.376 e. The fourth-order valence-electron chi connectivity index (χ4n) is 2.99. The molecule has 3 aromatic rings. The fourth-order valence-corrected chi connectivity index (χ4v) is 2.99. The van der Waals surface area contributed by atoms with E-state index in [2.05, 4.69) is 15.0 Å². The number of halogens is 3. The Balaban J connectivity index is 0.000000280. The van der Waals surface area contributed by atoms with Crippen LogP contribution in [-0.4, -0.2) is 51.4 Å². The van der Waals surface area contributed by atoms with Crippen LogP contribution in [0.4, 0.5) is 13.2 Å². The van der Waals surface area contributed by atoms with Gasteiger partial charge in [-0.15, -0.1) is 0 Å². The normalized spacial score (nSPS) is 16.6. The van der Waals surface area contributed by atoms with E-state index < -0.39 is 17.6 Å². The molecule has 0 spiro atoms. The van der Waals surface area contributed by atoms with Gasteiger partial charge in [-0.05, 0) is 25.1 Å². The molecule has 11 heteroatoms. The lowest BCUT2D eigenvalue weighted by Gasteiger charge is -2.22. The van der Waals surface area contributed by atoms with E-state index in [1.165, 1.54) is 18.5 Å². The summed E-state index contributed by atoms with van der Waals surface area (Å²) < 4.78 is 50.8. The maximum absolute atomic E-state index is 12.7. The fraction of sp³-hybridized carbons (Fsp3) is 0.400. The van der Waals surface area contributed by atoms with Gasteiger partial charge in [-0.3, -0.25) is 9.78 Å². The summed E-state index contributed by atoms with van der Waals surface area (Å²) in [5.74, 6) is 0.146. The topological polar surface area (TPSA) is 105 Å². The molecule has 4 rings (SSSR count). The van der Waals surface area contributed by atoms with Crippen molar-refractivity contribution in [2.75, 3.05) is 19.8 Å². The molecular weight excluding hydrogens is 415 g/mol. The maximum atomic E-state index is 12.7. The van der Waals surface area contributed by atoms with Crippen molar-refractivity contribution in [3.05, 3.63) is 53.4 Å². The Kier molecular flexibility index (Phi) is 6.86. The molecule has 3 heterocycles. The summed E-state index contributed by atoms with van der Waals surface area (Å²) >= 11 is 0. The van der Waals surface area contributed by atoms with Gasteiger partial charge in [0.1, 0.15) is 11.5 Å². The first-order valence-electron chi connectivity index (χ1n) is 9.45. The molecule has 0 saturated carbocycles. The number of benzene rings is 1. The van der Waals surface area contributed by atoms with E-state index >= 15 is 0 Å². The molecule has 168 valence electrons. The van der Waals surface area contributed by atoms with E-state index in [4.69, 9.17) is 15.2 Å². The second-order valence-corrected chi connectivity index (χ2v) is 6.97. The lowest BCUT2D eigenvalue weighted by Crippen LogP contribution is -2.31. The third-order valence-electron chi connectivity index (χ3n) is 4.63. The van der Waals surface area contributed by atoms with Crippen LogP contribution in [0.3, 0.4) is 0 Å². The van der Waals surface area contributed by atoms with E-state index in [0.717, 1.165) is 17.8 Å². The second kappa shape index (κ2) is 9.40. The molecule has 31 heavy (non-hydrogen) atoms. The minimum Gasteiger partial charge on any atom is -0.376 e. The highest BCUT2D eigenvalue weighted by atomic mass is 19.4. The number of fused-ring (bicyclic) bond motifs is 1. The number of primary amides is 1. The number of nitrogens with two attached hydrogens (primary N) is 1. The van der Waals surface area contributed by atoms with Gasteiger partial charge in [0.15, 0.2) is 0 Å². The van der Waals surface area contributed by atoms with Gasteiger partial charge in [-0.25, -0.2) is 9.97 Å². The quantitative estimate of drug-likeness (QED) is 0.673. The molecule has 1 fully saturated rings. The number of nitrogens with zero attached hydrogens (tertiary/aromatic N) is 4. The summed E-state index contributed by atoms with van der Waals surface area (Å²) in [7, 11) is 1.79. The predicted molar refractivity (Wildman–Crippen MR) is 107 cm³/mol. The monoisotopic (exact) mass is 439 g/mol. The van der Waals surface area contributed by atoms with Crippen molar-refractivity contribution < 1.29 is 28.9 Å². The number of imidazole rings is 1. The first-order valence-corrected chi connectivity index (χ1v) is 9.45. The van der Waals surface area contributed by atoms with Gasteiger partial charge in [0.25, 0.3) is 5.91 Å². The molecule has 1 atom stereocenters.